The second kappa shape index (κ2) is 7.04. The van der Waals surface area contributed by atoms with E-state index in [4.69, 9.17) is 0 Å². The fraction of sp³-hybridized carbons (Fsp3) is 0.438. The molecule has 1 aromatic carbocycles. The fourth-order valence-corrected chi connectivity index (χ4v) is 2.98. The first kappa shape index (κ1) is 17.3. The molecule has 0 aromatic heterocycles. The molecule has 6 nitrogen and oxygen atoms in total. The van der Waals surface area contributed by atoms with Crippen molar-refractivity contribution in [2.75, 3.05) is 18.2 Å². The highest BCUT2D eigenvalue weighted by Crippen LogP contribution is 2.22. The number of benzene rings is 1. The van der Waals surface area contributed by atoms with Crippen molar-refractivity contribution < 1.29 is 14.4 Å². The third-order valence-corrected chi connectivity index (χ3v) is 4.43. The third-order valence-electron chi connectivity index (χ3n) is 3.49. The lowest BCUT2D eigenvalue weighted by molar-refractivity contribution is -0.132. The number of hydrogen-bond donors (Lipinski definition) is 2. The van der Waals surface area contributed by atoms with Crippen LogP contribution < -0.4 is 10.9 Å². The molecule has 1 saturated heterocycles. The highest BCUT2D eigenvalue weighted by Gasteiger charge is 2.23. The number of thioether (sulfide) groups is 1. The largest absolute Gasteiger partial charge is 0.323 e. The van der Waals surface area contributed by atoms with Crippen LogP contribution in [0.4, 0.5) is 0 Å². The van der Waals surface area contributed by atoms with Gasteiger partial charge in [0, 0.05) is 5.56 Å². The van der Waals surface area contributed by atoms with Crippen molar-refractivity contribution in [3.63, 3.8) is 0 Å². The topological polar surface area (TPSA) is 78.5 Å². The summed E-state index contributed by atoms with van der Waals surface area (Å²) in [5.74, 6) is 0.0458. The monoisotopic (exact) mass is 335 g/mol. The first-order valence-electron chi connectivity index (χ1n) is 7.32. The Labute approximate surface area is 140 Å². The quantitative estimate of drug-likeness (QED) is 0.816. The molecule has 0 spiro atoms. The van der Waals surface area contributed by atoms with Gasteiger partial charge in [0.15, 0.2) is 0 Å². The Balaban J connectivity index is 1.84. The SMILES string of the molecule is CC(C)(C)c1ccc(C(=O)NNC(=O)CN2CSCC2=O)cc1. The van der Waals surface area contributed by atoms with Crippen LogP contribution in [0.3, 0.4) is 0 Å². The maximum Gasteiger partial charge on any atom is 0.269 e. The molecule has 0 bridgehead atoms. The summed E-state index contributed by atoms with van der Waals surface area (Å²) in [5, 5.41) is 0. The zero-order valence-corrected chi connectivity index (χ0v) is 14.3. The van der Waals surface area contributed by atoms with E-state index < -0.39 is 5.91 Å². The Morgan fingerprint density at radius 3 is 2.35 bits per heavy atom. The van der Waals surface area contributed by atoms with E-state index in [0.29, 0.717) is 17.2 Å². The number of hydrogen-bond acceptors (Lipinski definition) is 4. The molecule has 1 heterocycles. The molecule has 0 saturated carbocycles. The Hall–Kier alpha value is -2.02. The third kappa shape index (κ3) is 4.72. The van der Waals surface area contributed by atoms with E-state index in [1.54, 1.807) is 12.1 Å². The summed E-state index contributed by atoms with van der Waals surface area (Å²) in [6, 6.07) is 7.25. The van der Waals surface area contributed by atoms with Crippen molar-refractivity contribution in [1.82, 2.24) is 15.8 Å². The molecule has 124 valence electrons. The number of nitrogens with one attached hydrogen (secondary N) is 2. The summed E-state index contributed by atoms with van der Waals surface area (Å²) >= 11 is 1.47. The average molecular weight is 335 g/mol. The summed E-state index contributed by atoms with van der Waals surface area (Å²) in [4.78, 5) is 36.6. The number of carbonyl (C=O) groups is 3. The van der Waals surface area contributed by atoms with Gasteiger partial charge in [-0.05, 0) is 23.1 Å². The zero-order valence-electron chi connectivity index (χ0n) is 13.5. The maximum atomic E-state index is 12.0. The van der Waals surface area contributed by atoms with E-state index in [0.717, 1.165) is 5.56 Å². The lowest BCUT2D eigenvalue weighted by Gasteiger charge is -2.19. The molecule has 7 heteroatoms. The van der Waals surface area contributed by atoms with Crippen molar-refractivity contribution in [3.8, 4) is 0 Å². The predicted molar refractivity (Wildman–Crippen MR) is 89.8 cm³/mol. The molecule has 3 amide bonds. The molecule has 1 aliphatic rings. The van der Waals surface area contributed by atoms with Gasteiger partial charge in [0.05, 0.1) is 11.6 Å². The summed E-state index contributed by atoms with van der Waals surface area (Å²) in [5.41, 5.74) is 6.30. The van der Waals surface area contributed by atoms with Crippen LogP contribution in [0.15, 0.2) is 24.3 Å². The van der Waals surface area contributed by atoms with Crippen molar-refractivity contribution >= 4 is 29.5 Å². The van der Waals surface area contributed by atoms with Gasteiger partial charge >= 0.3 is 0 Å². The van der Waals surface area contributed by atoms with Crippen molar-refractivity contribution in [2.24, 2.45) is 0 Å². The minimum atomic E-state index is -0.416. The van der Waals surface area contributed by atoms with Gasteiger partial charge in [-0.25, -0.2) is 0 Å². The van der Waals surface area contributed by atoms with Gasteiger partial charge in [0.25, 0.3) is 11.8 Å². The van der Waals surface area contributed by atoms with E-state index in [2.05, 4.69) is 31.6 Å². The highest BCUT2D eigenvalue weighted by atomic mass is 32.2. The molecule has 1 aromatic rings. The molecule has 0 atom stereocenters. The van der Waals surface area contributed by atoms with Gasteiger partial charge in [-0.2, -0.15) is 0 Å². The van der Waals surface area contributed by atoms with Gasteiger partial charge < -0.3 is 4.90 Å². The molecule has 0 unspecified atom stereocenters. The van der Waals surface area contributed by atoms with Gasteiger partial charge in [0.1, 0.15) is 6.54 Å². The number of hydrazine groups is 1. The summed E-state index contributed by atoms with van der Waals surface area (Å²) in [6.45, 7) is 6.25. The minimum Gasteiger partial charge on any atom is -0.323 e. The highest BCUT2D eigenvalue weighted by molar-refractivity contribution is 8.00. The lowest BCUT2D eigenvalue weighted by atomic mass is 9.87. The van der Waals surface area contributed by atoms with Crippen LogP contribution >= 0.6 is 11.8 Å². The first-order chi connectivity index (χ1) is 10.8. The Morgan fingerprint density at radius 2 is 1.83 bits per heavy atom. The minimum absolute atomic E-state index is 0.0174. The fourth-order valence-electron chi connectivity index (χ4n) is 2.07. The van der Waals surface area contributed by atoms with Crippen LogP contribution in [0, 0.1) is 0 Å². The lowest BCUT2D eigenvalue weighted by Crippen LogP contribution is -2.46. The zero-order chi connectivity index (χ0) is 17.0. The molecule has 1 fully saturated rings. The number of amides is 3. The predicted octanol–water partition coefficient (Wildman–Crippen LogP) is 1.28. The summed E-state index contributed by atoms with van der Waals surface area (Å²) < 4.78 is 0. The summed E-state index contributed by atoms with van der Waals surface area (Å²) in [7, 11) is 0. The normalized spacial score (nSPS) is 14.7. The van der Waals surface area contributed by atoms with E-state index in [1.807, 2.05) is 12.1 Å². The van der Waals surface area contributed by atoms with Gasteiger partial charge in [-0.1, -0.05) is 32.9 Å². The van der Waals surface area contributed by atoms with Crippen molar-refractivity contribution in [2.45, 2.75) is 26.2 Å². The van der Waals surface area contributed by atoms with Crippen LogP contribution in [0.25, 0.3) is 0 Å². The van der Waals surface area contributed by atoms with Crippen molar-refractivity contribution in [3.05, 3.63) is 35.4 Å². The standard InChI is InChI=1S/C16H21N3O3S/c1-16(2,3)12-6-4-11(5-7-12)15(22)18-17-13(20)8-19-10-23-9-14(19)21/h4-7H,8-10H2,1-3H3,(H,17,20)(H,18,22). The Kier molecular flexibility index (Phi) is 5.30. The van der Waals surface area contributed by atoms with Gasteiger partial charge in [-0.15, -0.1) is 11.8 Å². The molecular weight excluding hydrogens is 314 g/mol. The molecule has 0 radical (unpaired) electrons. The molecular formula is C16H21N3O3S. The molecule has 0 aliphatic carbocycles. The Bertz CT molecular complexity index is 608. The maximum absolute atomic E-state index is 12.0. The molecule has 23 heavy (non-hydrogen) atoms. The molecule has 2 N–H and O–H groups in total. The van der Waals surface area contributed by atoms with Crippen molar-refractivity contribution in [1.29, 1.82) is 0 Å². The van der Waals surface area contributed by atoms with E-state index in [1.165, 1.54) is 16.7 Å². The van der Waals surface area contributed by atoms with Gasteiger partial charge in [-0.3, -0.25) is 25.2 Å². The smallest absolute Gasteiger partial charge is 0.269 e. The van der Waals surface area contributed by atoms with Crippen LogP contribution in [0.5, 0.6) is 0 Å². The molecule has 1 aliphatic heterocycles. The van der Waals surface area contributed by atoms with Gasteiger partial charge in [0.2, 0.25) is 5.91 Å². The van der Waals surface area contributed by atoms with Crippen LogP contribution in [-0.4, -0.2) is 40.8 Å². The van der Waals surface area contributed by atoms with E-state index in [9.17, 15) is 14.4 Å². The average Bonchev–Trinajstić information content (AvgIpc) is 2.89. The number of carbonyl (C=O) groups excluding carboxylic acids is 3. The number of rotatable bonds is 3. The first-order valence-corrected chi connectivity index (χ1v) is 8.48. The number of nitrogens with zero attached hydrogens (tertiary/aromatic N) is 1. The van der Waals surface area contributed by atoms with Crippen LogP contribution in [0.2, 0.25) is 0 Å². The van der Waals surface area contributed by atoms with Crippen LogP contribution in [0.1, 0.15) is 36.7 Å². The second-order valence-corrected chi connectivity index (χ2v) is 7.35. The Morgan fingerprint density at radius 1 is 1.17 bits per heavy atom. The summed E-state index contributed by atoms with van der Waals surface area (Å²) in [6.07, 6.45) is 0. The second-order valence-electron chi connectivity index (χ2n) is 6.40. The molecule has 2 rings (SSSR count). The van der Waals surface area contributed by atoms with E-state index >= 15 is 0 Å². The van der Waals surface area contributed by atoms with Crippen LogP contribution in [-0.2, 0) is 15.0 Å². The van der Waals surface area contributed by atoms with E-state index in [-0.39, 0.29) is 23.8 Å².